The van der Waals surface area contributed by atoms with E-state index in [0.29, 0.717) is 24.2 Å². The molecule has 2 nitrogen and oxygen atoms in total. The van der Waals surface area contributed by atoms with Crippen LogP contribution in [0.15, 0.2) is 18.2 Å². The third-order valence-electron chi connectivity index (χ3n) is 2.65. The van der Waals surface area contributed by atoms with Gasteiger partial charge in [0, 0.05) is 24.0 Å². The summed E-state index contributed by atoms with van der Waals surface area (Å²) in [7, 11) is 0. The van der Waals surface area contributed by atoms with E-state index in [4.69, 9.17) is 0 Å². The molecule has 0 aliphatic rings. The van der Waals surface area contributed by atoms with Crippen LogP contribution in [0.5, 0.6) is 0 Å². The van der Waals surface area contributed by atoms with Gasteiger partial charge in [-0.15, -0.1) is 0 Å². The van der Waals surface area contributed by atoms with Crippen molar-refractivity contribution in [3.8, 4) is 0 Å². The van der Waals surface area contributed by atoms with Gasteiger partial charge in [-0.25, -0.2) is 4.39 Å². The summed E-state index contributed by atoms with van der Waals surface area (Å²) in [6.07, 6.45) is 0.897. The van der Waals surface area contributed by atoms with E-state index < -0.39 is 0 Å². The first-order valence-electron chi connectivity index (χ1n) is 5.71. The summed E-state index contributed by atoms with van der Waals surface area (Å²) in [6.45, 7) is 4.94. The van der Waals surface area contributed by atoms with E-state index in [9.17, 15) is 9.18 Å². The molecule has 0 aliphatic heterocycles. The van der Waals surface area contributed by atoms with Crippen molar-refractivity contribution < 1.29 is 9.18 Å². The third-order valence-corrected chi connectivity index (χ3v) is 3.21. The van der Waals surface area contributed by atoms with Crippen molar-refractivity contribution >= 4 is 21.8 Å². The smallest absolute Gasteiger partial charge is 0.253 e. The highest BCUT2D eigenvalue weighted by Gasteiger charge is 2.14. The van der Waals surface area contributed by atoms with E-state index in [2.05, 4.69) is 15.9 Å². The molecular formula is C13H17BrFNO. The van der Waals surface area contributed by atoms with Crippen LogP contribution < -0.4 is 0 Å². The SMILES string of the molecule is CCN(CCCBr)C(=O)c1ccc(C)c(F)c1. The van der Waals surface area contributed by atoms with Crippen LogP contribution in [0.25, 0.3) is 0 Å². The fraction of sp³-hybridized carbons (Fsp3) is 0.462. The second-order valence-corrected chi connectivity index (χ2v) is 4.68. The Morgan fingerprint density at radius 1 is 1.47 bits per heavy atom. The molecule has 0 spiro atoms. The van der Waals surface area contributed by atoms with Crippen molar-refractivity contribution in [2.24, 2.45) is 0 Å². The number of hydrogen-bond donors (Lipinski definition) is 0. The summed E-state index contributed by atoms with van der Waals surface area (Å²) in [5.74, 6) is -0.431. The average molecular weight is 302 g/mol. The molecule has 94 valence electrons. The fourth-order valence-corrected chi connectivity index (χ4v) is 1.81. The van der Waals surface area contributed by atoms with Crippen LogP contribution in [0.1, 0.15) is 29.3 Å². The lowest BCUT2D eigenvalue weighted by Gasteiger charge is -2.20. The Balaban J connectivity index is 2.82. The fourth-order valence-electron chi connectivity index (χ4n) is 1.56. The van der Waals surface area contributed by atoms with E-state index in [-0.39, 0.29) is 11.7 Å². The maximum absolute atomic E-state index is 13.4. The number of benzene rings is 1. The van der Waals surface area contributed by atoms with Crippen molar-refractivity contribution in [2.45, 2.75) is 20.3 Å². The second kappa shape index (κ2) is 6.74. The number of amides is 1. The number of rotatable bonds is 5. The number of carbonyl (C=O) groups excluding carboxylic acids is 1. The predicted octanol–water partition coefficient (Wildman–Crippen LogP) is 3.38. The number of alkyl halides is 1. The quantitative estimate of drug-likeness (QED) is 0.764. The minimum absolute atomic E-state index is 0.104. The highest BCUT2D eigenvalue weighted by atomic mass is 79.9. The summed E-state index contributed by atoms with van der Waals surface area (Å²) in [4.78, 5) is 13.8. The third kappa shape index (κ3) is 3.80. The molecule has 0 N–H and O–H groups in total. The standard InChI is InChI=1S/C13H17BrFNO/c1-3-16(8-4-7-14)13(17)11-6-5-10(2)12(15)9-11/h5-6,9H,3-4,7-8H2,1-2H3. The van der Waals surface area contributed by atoms with Crippen LogP contribution in [0, 0.1) is 12.7 Å². The Morgan fingerprint density at radius 3 is 2.71 bits per heavy atom. The largest absolute Gasteiger partial charge is 0.339 e. The summed E-state index contributed by atoms with van der Waals surface area (Å²) in [5.41, 5.74) is 0.981. The van der Waals surface area contributed by atoms with Crippen molar-refractivity contribution in [3.63, 3.8) is 0 Å². The number of halogens is 2. The first kappa shape index (κ1) is 14.2. The Bertz CT molecular complexity index is 395. The molecule has 1 rings (SSSR count). The number of aryl methyl sites for hydroxylation is 1. The molecule has 1 aromatic carbocycles. The molecule has 0 saturated carbocycles. The Labute approximate surface area is 110 Å². The lowest BCUT2D eigenvalue weighted by Crippen LogP contribution is -2.32. The Kier molecular flexibility index (Phi) is 5.62. The first-order chi connectivity index (χ1) is 8.10. The lowest BCUT2D eigenvalue weighted by atomic mass is 10.1. The molecule has 0 aliphatic carbocycles. The molecule has 0 saturated heterocycles. The zero-order chi connectivity index (χ0) is 12.8. The summed E-state index contributed by atoms with van der Waals surface area (Å²) in [5, 5.41) is 0.860. The van der Waals surface area contributed by atoms with E-state index in [1.165, 1.54) is 6.07 Å². The van der Waals surface area contributed by atoms with Crippen molar-refractivity contribution in [1.82, 2.24) is 4.90 Å². The maximum atomic E-state index is 13.4. The minimum atomic E-state index is -0.326. The van der Waals surface area contributed by atoms with Gasteiger partial charge in [0.05, 0.1) is 0 Å². The number of nitrogens with zero attached hydrogens (tertiary/aromatic N) is 1. The molecule has 0 bridgehead atoms. The zero-order valence-electron chi connectivity index (χ0n) is 10.2. The summed E-state index contributed by atoms with van der Waals surface area (Å²) in [6, 6.07) is 4.63. The topological polar surface area (TPSA) is 20.3 Å². The highest BCUT2D eigenvalue weighted by molar-refractivity contribution is 9.09. The van der Waals surface area contributed by atoms with Gasteiger partial charge >= 0.3 is 0 Å². The first-order valence-corrected chi connectivity index (χ1v) is 6.83. The molecule has 0 heterocycles. The molecule has 0 unspecified atom stereocenters. The molecule has 0 aromatic heterocycles. The molecule has 0 radical (unpaired) electrons. The molecular weight excluding hydrogens is 285 g/mol. The normalized spacial score (nSPS) is 10.4. The maximum Gasteiger partial charge on any atom is 0.253 e. The van der Waals surface area contributed by atoms with E-state index >= 15 is 0 Å². The van der Waals surface area contributed by atoms with Gasteiger partial charge in [0.1, 0.15) is 5.82 Å². The van der Waals surface area contributed by atoms with Crippen LogP contribution in [-0.2, 0) is 0 Å². The highest BCUT2D eigenvalue weighted by Crippen LogP contribution is 2.12. The van der Waals surface area contributed by atoms with Gasteiger partial charge in [0.2, 0.25) is 0 Å². The van der Waals surface area contributed by atoms with Crippen molar-refractivity contribution in [2.75, 3.05) is 18.4 Å². The summed E-state index contributed by atoms with van der Waals surface area (Å²) >= 11 is 3.34. The van der Waals surface area contributed by atoms with Gasteiger partial charge in [-0.05, 0) is 38.0 Å². The van der Waals surface area contributed by atoms with Crippen LogP contribution in [0.2, 0.25) is 0 Å². The number of hydrogen-bond acceptors (Lipinski definition) is 1. The molecule has 0 atom stereocenters. The van der Waals surface area contributed by atoms with E-state index in [1.54, 1.807) is 24.0 Å². The molecule has 17 heavy (non-hydrogen) atoms. The Hall–Kier alpha value is -0.900. The minimum Gasteiger partial charge on any atom is -0.339 e. The van der Waals surface area contributed by atoms with Gasteiger partial charge in [-0.2, -0.15) is 0 Å². The van der Waals surface area contributed by atoms with Gasteiger partial charge in [0.25, 0.3) is 5.91 Å². The molecule has 1 aromatic rings. The molecule has 0 fully saturated rings. The summed E-state index contributed by atoms with van der Waals surface area (Å²) < 4.78 is 13.4. The number of carbonyl (C=O) groups is 1. The van der Waals surface area contributed by atoms with Gasteiger partial charge < -0.3 is 4.90 Å². The van der Waals surface area contributed by atoms with Gasteiger partial charge in [0.15, 0.2) is 0 Å². The lowest BCUT2D eigenvalue weighted by molar-refractivity contribution is 0.0764. The van der Waals surface area contributed by atoms with Crippen molar-refractivity contribution in [1.29, 1.82) is 0 Å². The molecule has 4 heteroatoms. The zero-order valence-corrected chi connectivity index (χ0v) is 11.8. The van der Waals surface area contributed by atoms with Gasteiger partial charge in [-0.3, -0.25) is 4.79 Å². The molecule has 1 amide bonds. The van der Waals surface area contributed by atoms with Crippen molar-refractivity contribution in [3.05, 3.63) is 35.1 Å². The monoisotopic (exact) mass is 301 g/mol. The van der Waals surface area contributed by atoms with E-state index in [0.717, 1.165) is 11.8 Å². The van der Waals surface area contributed by atoms with Gasteiger partial charge in [-0.1, -0.05) is 22.0 Å². The second-order valence-electron chi connectivity index (χ2n) is 3.89. The van der Waals surface area contributed by atoms with Crippen LogP contribution in [0.4, 0.5) is 4.39 Å². The predicted molar refractivity (Wildman–Crippen MR) is 71.1 cm³/mol. The van der Waals surface area contributed by atoms with Crippen LogP contribution in [-0.4, -0.2) is 29.2 Å². The van der Waals surface area contributed by atoms with Crippen LogP contribution >= 0.6 is 15.9 Å². The Morgan fingerprint density at radius 2 is 2.18 bits per heavy atom. The van der Waals surface area contributed by atoms with E-state index in [1.807, 2.05) is 6.92 Å². The average Bonchev–Trinajstić information content (AvgIpc) is 2.33. The van der Waals surface area contributed by atoms with Crippen LogP contribution in [0.3, 0.4) is 0 Å².